The number of carbonyl (C=O) groups is 1. The second-order valence-corrected chi connectivity index (χ2v) is 9.12. The van der Waals surface area contributed by atoms with Crippen molar-refractivity contribution in [2.75, 3.05) is 11.1 Å². The maximum absolute atomic E-state index is 12.3. The van der Waals surface area contributed by atoms with Crippen molar-refractivity contribution in [1.82, 2.24) is 14.8 Å². The van der Waals surface area contributed by atoms with Gasteiger partial charge in [0.1, 0.15) is 5.75 Å². The molecule has 2 aromatic carbocycles. The monoisotopic (exact) mass is 540 g/mol. The summed E-state index contributed by atoms with van der Waals surface area (Å²) in [5, 5.41) is 12.9. The van der Waals surface area contributed by atoms with Crippen molar-refractivity contribution in [3.05, 3.63) is 75.5 Å². The van der Waals surface area contributed by atoms with E-state index in [9.17, 15) is 4.79 Å². The predicted octanol–water partition coefficient (Wildman–Crippen LogP) is 6.40. The molecule has 1 atom stereocenters. The highest BCUT2D eigenvalue weighted by molar-refractivity contribution is 9.10. The van der Waals surface area contributed by atoms with Crippen molar-refractivity contribution in [2.24, 2.45) is 0 Å². The molecule has 3 rings (SSSR count). The van der Waals surface area contributed by atoms with Gasteiger partial charge in [-0.2, -0.15) is 0 Å². The number of nitrogens with one attached hydrogen (secondary N) is 1. The van der Waals surface area contributed by atoms with Gasteiger partial charge in [0, 0.05) is 27.8 Å². The van der Waals surface area contributed by atoms with E-state index in [4.69, 9.17) is 27.9 Å². The molecule has 10 heteroatoms. The molecule has 0 aliphatic heterocycles. The molecule has 1 aromatic heterocycles. The third-order valence-corrected chi connectivity index (χ3v) is 6.12. The van der Waals surface area contributed by atoms with Crippen molar-refractivity contribution in [3.63, 3.8) is 0 Å². The molecule has 0 radical (unpaired) electrons. The summed E-state index contributed by atoms with van der Waals surface area (Å²) >= 11 is 16.9. The molecule has 162 valence electrons. The smallest absolute Gasteiger partial charge is 0.234 e. The minimum Gasteiger partial charge on any atom is -0.481 e. The molecule has 1 amide bonds. The number of hydrogen-bond acceptors (Lipinski definition) is 5. The van der Waals surface area contributed by atoms with Crippen LogP contribution in [0.25, 0.3) is 0 Å². The van der Waals surface area contributed by atoms with Crippen LogP contribution in [-0.2, 0) is 11.3 Å². The summed E-state index contributed by atoms with van der Waals surface area (Å²) in [5.41, 5.74) is 0.725. The van der Waals surface area contributed by atoms with Crippen LogP contribution >= 0.6 is 50.9 Å². The third-order valence-electron chi connectivity index (χ3n) is 4.08. The molecule has 0 aliphatic rings. The number of allylic oxidation sites excluding steroid dienone is 1. The fourth-order valence-corrected chi connectivity index (χ4v) is 4.02. The Labute approximate surface area is 203 Å². The average molecular weight is 542 g/mol. The van der Waals surface area contributed by atoms with Crippen LogP contribution in [0.15, 0.2) is 64.7 Å². The second-order valence-electron chi connectivity index (χ2n) is 6.42. The molecule has 0 aliphatic carbocycles. The second kappa shape index (κ2) is 11.0. The number of halogens is 3. The summed E-state index contributed by atoms with van der Waals surface area (Å²) < 4.78 is 8.76. The molecule has 0 saturated heterocycles. The van der Waals surface area contributed by atoms with Crippen molar-refractivity contribution in [3.8, 4) is 5.75 Å². The van der Waals surface area contributed by atoms with E-state index >= 15 is 0 Å². The molecule has 1 heterocycles. The van der Waals surface area contributed by atoms with Crippen LogP contribution in [0.5, 0.6) is 5.75 Å². The lowest BCUT2D eigenvalue weighted by atomic mass is 10.3. The van der Waals surface area contributed by atoms with Crippen LogP contribution in [0, 0.1) is 0 Å². The molecule has 1 N–H and O–H groups in total. The molecule has 6 nitrogen and oxygen atoms in total. The maximum atomic E-state index is 12.3. The van der Waals surface area contributed by atoms with E-state index in [0.717, 1.165) is 10.2 Å². The van der Waals surface area contributed by atoms with Gasteiger partial charge >= 0.3 is 0 Å². The Morgan fingerprint density at radius 3 is 2.74 bits per heavy atom. The molecule has 31 heavy (non-hydrogen) atoms. The number of thioether (sulfide) groups is 1. The Balaban J connectivity index is 1.69. The third kappa shape index (κ3) is 6.49. The first kappa shape index (κ1) is 23.7. The first-order valence-electron chi connectivity index (χ1n) is 9.21. The van der Waals surface area contributed by atoms with Gasteiger partial charge in [0.15, 0.2) is 17.1 Å². The van der Waals surface area contributed by atoms with E-state index in [2.05, 4.69) is 38.0 Å². The maximum Gasteiger partial charge on any atom is 0.234 e. The van der Waals surface area contributed by atoms with E-state index in [-0.39, 0.29) is 11.7 Å². The van der Waals surface area contributed by atoms with E-state index < -0.39 is 6.10 Å². The van der Waals surface area contributed by atoms with Crippen molar-refractivity contribution >= 4 is 62.5 Å². The number of hydrogen-bond donors (Lipinski definition) is 1. The first-order chi connectivity index (χ1) is 14.9. The topological polar surface area (TPSA) is 69.0 Å². The Morgan fingerprint density at radius 1 is 1.29 bits per heavy atom. The molecule has 0 spiro atoms. The van der Waals surface area contributed by atoms with Crippen LogP contribution in [0.4, 0.5) is 5.69 Å². The number of nitrogens with zero attached hydrogens (tertiary/aromatic N) is 3. The van der Waals surface area contributed by atoms with Gasteiger partial charge in [-0.3, -0.25) is 9.36 Å². The van der Waals surface area contributed by atoms with Gasteiger partial charge in [0.25, 0.3) is 0 Å². The minimum absolute atomic E-state index is 0.142. The molecular formula is C21H19BrCl2N4O2S. The summed E-state index contributed by atoms with van der Waals surface area (Å²) in [4.78, 5) is 12.3. The largest absolute Gasteiger partial charge is 0.481 e. The summed E-state index contributed by atoms with van der Waals surface area (Å²) in [6, 6.07) is 12.4. The van der Waals surface area contributed by atoms with E-state index in [1.807, 2.05) is 35.8 Å². The van der Waals surface area contributed by atoms with E-state index in [0.29, 0.717) is 33.3 Å². The van der Waals surface area contributed by atoms with Gasteiger partial charge in [0.2, 0.25) is 5.91 Å². The number of rotatable bonds is 9. The molecule has 0 saturated carbocycles. The minimum atomic E-state index is -0.450. The summed E-state index contributed by atoms with van der Waals surface area (Å²) in [7, 11) is 0. The zero-order valence-corrected chi connectivity index (χ0v) is 20.4. The summed E-state index contributed by atoms with van der Waals surface area (Å²) in [5.74, 6) is 1.09. The number of benzene rings is 2. The lowest BCUT2D eigenvalue weighted by Crippen LogP contribution is -2.15. The highest BCUT2D eigenvalue weighted by Crippen LogP contribution is 2.32. The van der Waals surface area contributed by atoms with Crippen LogP contribution in [0.2, 0.25) is 10.0 Å². The zero-order chi connectivity index (χ0) is 22.4. The number of carbonyl (C=O) groups excluding carboxylic acids is 1. The van der Waals surface area contributed by atoms with Gasteiger partial charge in [0.05, 0.1) is 10.8 Å². The van der Waals surface area contributed by atoms with Crippen LogP contribution in [-0.4, -0.2) is 26.4 Å². The van der Waals surface area contributed by atoms with Crippen molar-refractivity contribution in [1.29, 1.82) is 0 Å². The Morgan fingerprint density at radius 2 is 2.03 bits per heavy atom. The fraction of sp³-hybridized carbons (Fsp3) is 0.190. The van der Waals surface area contributed by atoms with Crippen molar-refractivity contribution < 1.29 is 9.53 Å². The van der Waals surface area contributed by atoms with E-state index in [1.165, 1.54) is 11.8 Å². The molecule has 0 bridgehead atoms. The normalized spacial score (nSPS) is 11.7. The van der Waals surface area contributed by atoms with Crippen LogP contribution in [0.1, 0.15) is 18.9 Å². The zero-order valence-electron chi connectivity index (χ0n) is 16.5. The number of anilines is 1. The lowest BCUT2D eigenvalue weighted by molar-refractivity contribution is -0.113. The van der Waals surface area contributed by atoms with Gasteiger partial charge in [-0.25, -0.2) is 0 Å². The summed E-state index contributed by atoms with van der Waals surface area (Å²) in [6.07, 6.45) is 1.28. The number of ether oxygens (including phenoxy) is 1. The van der Waals surface area contributed by atoms with Gasteiger partial charge in [-0.1, -0.05) is 57.0 Å². The highest BCUT2D eigenvalue weighted by atomic mass is 79.9. The molecule has 0 fully saturated rings. The van der Waals surface area contributed by atoms with Gasteiger partial charge in [-0.15, -0.1) is 16.8 Å². The number of amides is 1. The van der Waals surface area contributed by atoms with Crippen molar-refractivity contribution in [2.45, 2.75) is 24.7 Å². The average Bonchev–Trinajstić information content (AvgIpc) is 3.14. The fourth-order valence-electron chi connectivity index (χ4n) is 2.68. The molecule has 1 unspecified atom stereocenters. The Hall–Kier alpha value is -2.00. The Kier molecular flexibility index (Phi) is 8.43. The first-order valence-corrected chi connectivity index (χ1v) is 11.7. The standard InChI is InChI=1S/C21H19BrCl2N4O2S/c1-3-10-28-20(13(2)30-18-11-15(23)6-9-17(18)24)26-27-21(28)31-12-19(29)25-16-7-4-14(22)5-8-16/h3-9,11,13H,1,10,12H2,2H3,(H,25,29). The molecular weight excluding hydrogens is 523 g/mol. The summed E-state index contributed by atoms with van der Waals surface area (Å²) in [6.45, 7) is 6.11. The van der Waals surface area contributed by atoms with Gasteiger partial charge in [-0.05, 0) is 43.3 Å². The molecule has 3 aromatic rings. The highest BCUT2D eigenvalue weighted by Gasteiger charge is 2.20. The predicted molar refractivity (Wildman–Crippen MR) is 129 cm³/mol. The number of aromatic nitrogens is 3. The quantitative estimate of drug-likeness (QED) is 0.250. The van der Waals surface area contributed by atoms with E-state index in [1.54, 1.807) is 24.3 Å². The van der Waals surface area contributed by atoms with Gasteiger partial charge < -0.3 is 10.1 Å². The lowest BCUT2D eigenvalue weighted by Gasteiger charge is -2.16. The SMILES string of the molecule is C=CCn1c(SCC(=O)Nc2ccc(Br)cc2)nnc1C(C)Oc1cc(Cl)ccc1Cl. The van der Waals surface area contributed by atoms with Crippen LogP contribution < -0.4 is 10.1 Å². The van der Waals surface area contributed by atoms with Crippen LogP contribution in [0.3, 0.4) is 0 Å². The Bertz CT molecular complexity index is 1080.